The number of rotatable bonds is 1. The van der Waals surface area contributed by atoms with Gasteiger partial charge in [-0.05, 0) is 36.5 Å². The van der Waals surface area contributed by atoms with Crippen LogP contribution in [-0.2, 0) is 9.53 Å². The predicted octanol–water partition coefficient (Wildman–Crippen LogP) is 2.30. The lowest BCUT2D eigenvalue weighted by molar-refractivity contribution is -0.148. The van der Waals surface area contributed by atoms with E-state index in [4.69, 9.17) is 4.74 Å². The minimum absolute atomic E-state index is 0.0214. The van der Waals surface area contributed by atoms with Crippen molar-refractivity contribution in [3.05, 3.63) is 0 Å². The van der Waals surface area contributed by atoms with Crippen molar-refractivity contribution in [1.82, 2.24) is 0 Å². The fourth-order valence-corrected chi connectivity index (χ4v) is 3.57. The molecule has 0 amide bonds. The third-order valence-electron chi connectivity index (χ3n) is 4.11. The Hall–Kier alpha value is -0.570. The second kappa shape index (κ2) is 3.48. The number of carboxylic acid groups (broad SMARTS) is 1. The Morgan fingerprint density at radius 3 is 2.47 bits per heavy atom. The van der Waals surface area contributed by atoms with Gasteiger partial charge in [0, 0.05) is 13.2 Å². The van der Waals surface area contributed by atoms with Gasteiger partial charge in [0.15, 0.2) is 0 Å². The minimum atomic E-state index is -0.609. The molecule has 2 rings (SSSR count). The quantitative estimate of drug-likeness (QED) is 0.725. The second-order valence-electron chi connectivity index (χ2n) is 5.91. The first-order valence-electron chi connectivity index (χ1n) is 5.76. The lowest BCUT2D eigenvalue weighted by atomic mass is 9.71. The van der Waals surface area contributed by atoms with Crippen molar-refractivity contribution in [1.29, 1.82) is 0 Å². The van der Waals surface area contributed by atoms with Gasteiger partial charge >= 0.3 is 5.97 Å². The Kier molecular flexibility index (Phi) is 2.53. The van der Waals surface area contributed by atoms with Crippen molar-refractivity contribution in [2.45, 2.75) is 39.5 Å². The molecular formula is C12H20O3. The van der Waals surface area contributed by atoms with Gasteiger partial charge in [-0.2, -0.15) is 0 Å². The number of carbonyl (C=O) groups is 1. The molecule has 0 radical (unpaired) electrons. The summed E-state index contributed by atoms with van der Waals surface area (Å²) >= 11 is 0. The standard InChI is InChI=1S/C12H20O3/c1-11(2)7-9(10(13)14)12(8-11)3-5-15-6-4-12/h9H,3-8H2,1-2H3,(H,13,14). The van der Waals surface area contributed by atoms with Crippen molar-refractivity contribution in [3.63, 3.8) is 0 Å². The molecule has 86 valence electrons. The van der Waals surface area contributed by atoms with Crippen LogP contribution in [0.1, 0.15) is 39.5 Å². The molecule has 1 unspecified atom stereocenters. The van der Waals surface area contributed by atoms with E-state index in [0.717, 1.165) is 38.9 Å². The topological polar surface area (TPSA) is 46.5 Å². The normalized spacial score (nSPS) is 33.1. The van der Waals surface area contributed by atoms with Gasteiger partial charge in [0.25, 0.3) is 0 Å². The number of carboxylic acids is 1. The summed E-state index contributed by atoms with van der Waals surface area (Å²) < 4.78 is 5.36. The van der Waals surface area contributed by atoms with Crippen molar-refractivity contribution < 1.29 is 14.6 Å². The first-order chi connectivity index (χ1) is 6.95. The first kappa shape index (κ1) is 10.9. The largest absolute Gasteiger partial charge is 0.481 e. The zero-order valence-electron chi connectivity index (χ0n) is 9.58. The summed E-state index contributed by atoms with van der Waals surface area (Å²) in [4.78, 5) is 11.3. The summed E-state index contributed by atoms with van der Waals surface area (Å²) in [6.07, 6.45) is 3.71. The van der Waals surface area contributed by atoms with Crippen LogP contribution in [0.5, 0.6) is 0 Å². The van der Waals surface area contributed by atoms with Crippen LogP contribution in [0, 0.1) is 16.7 Å². The predicted molar refractivity (Wildman–Crippen MR) is 56.6 cm³/mol. The molecule has 0 aromatic carbocycles. The van der Waals surface area contributed by atoms with E-state index in [9.17, 15) is 9.90 Å². The molecule has 0 aromatic rings. The highest BCUT2D eigenvalue weighted by Gasteiger charge is 2.53. The van der Waals surface area contributed by atoms with E-state index in [1.165, 1.54) is 0 Å². The van der Waals surface area contributed by atoms with Crippen LogP contribution in [-0.4, -0.2) is 24.3 Å². The fourth-order valence-electron chi connectivity index (χ4n) is 3.57. The summed E-state index contributed by atoms with van der Waals surface area (Å²) in [5.41, 5.74) is 0.202. The highest BCUT2D eigenvalue weighted by atomic mass is 16.5. The van der Waals surface area contributed by atoms with Crippen LogP contribution in [0.3, 0.4) is 0 Å². The molecule has 2 fully saturated rings. The van der Waals surface area contributed by atoms with Gasteiger partial charge < -0.3 is 9.84 Å². The summed E-state index contributed by atoms with van der Waals surface area (Å²) in [7, 11) is 0. The monoisotopic (exact) mass is 212 g/mol. The molecule has 1 saturated heterocycles. The third kappa shape index (κ3) is 1.89. The van der Waals surface area contributed by atoms with Crippen LogP contribution in [0.4, 0.5) is 0 Å². The van der Waals surface area contributed by atoms with Crippen molar-refractivity contribution in [3.8, 4) is 0 Å². The van der Waals surface area contributed by atoms with E-state index in [2.05, 4.69) is 13.8 Å². The van der Waals surface area contributed by atoms with E-state index in [1.54, 1.807) is 0 Å². The molecule has 1 aliphatic heterocycles. The molecule has 3 heteroatoms. The Morgan fingerprint density at radius 2 is 1.93 bits per heavy atom. The van der Waals surface area contributed by atoms with Gasteiger partial charge in [0.1, 0.15) is 0 Å². The summed E-state index contributed by atoms with van der Waals surface area (Å²) in [6.45, 7) is 5.85. The Bertz CT molecular complexity index is 264. The van der Waals surface area contributed by atoms with Crippen LogP contribution in [0.2, 0.25) is 0 Å². The van der Waals surface area contributed by atoms with Crippen molar-refractivity contribution in [2.75, 3.05) is 13.2 Å². The number of aliphatic carboxylic acids is 1. The average Bonchev–Trinajstić information content (AvgIpc) is 2.39. The zero-order chi connectivity index (χ0) is 11.1. The van der Waals surface area contributed by atoms with Crippen LogP contribution in [0.25, 0.3) is 0 Å². The smallest absolute Gasteiger partial charge is 0.307 e. The zero-order valence-corrected chi connectivity index (χ0v) is 9.58. The average molecular weight is 212 g/mol. The van der Waals surface area contributed by atoms with Gasteiger partial charge in [0.05, 0.1) is 5.92 Å². The molecule has 1 aliphatic carbocycles. The van der Waals surface area contributed by atoms with Gasteiger partial charge in [-0.3, -0.25) is 4.79 Å². The molecule has 1 spiro atoms. The summed E-state index contributed by atoms with van der Waals surface area (Å²) in [5.74, 6) is -0.765. The number of hydrogen-bond donors (Lipinski definition) is 1. The number of ether oxygens (including phenoxy) is 1. The minimum Gasteiger partial charge on any atom is -0.481 e. The van der Waals surface area contributed by atoms with E-state index in [-0.39, 0.29) is 16.7 Å². The molecule has 1 heterocycles. The van der Waals surface area contributed by atoms with Crippen molar-refractivity contribution in [2.24, 2.45) is 16.7 Å². The highest BCUT2D eigenvalue weighted by Crippen LogP contribution is 2.57. The van der Waals surface area contributed by atoms with Gasteiger partial charge in [-0.1, -0.05) is 13.8 Å². The maximum Gasteiger partial charge on any atom is 0.307 e. The molecule has 1 saturated carbocycles. The number of hydrogen-bond acceptors (Lipinski definition) is 2. The van der Waals surface area contributed by atoms with Gasteiger partial charge in [-0.15, -0.1) is 0 Å². The van der Waals surface area contributed by atoms with E-state index < -0.39 is 5.97 Å². The molecule has 15 heavy (non-hydrogen) atoms. The third-order valence-corrected chi connectivity index (χ3v) is 4.11. The maximum atomic E-state index is 11.3. The van der Waals surface area contributed by atoms with Crippen LogP contribution < -0.4 is 0 Å². The first-order valence-corrected chi connectivity index (χ1v) is 5.76. The van der Waals surface area contributed by atoms with Crippen LogP contribution >= 0.6 is 0 Å². The highest BCUT2D eigenvalue weighted by molar-refractivity contribution is 5.71. The Labute approximate surface area is 90.8 Å². The molecule has 1 atom stereocenters. The molecule has 0 bridgehead atoms. The van der Waals surface area contributed by atoms with Gasteiger partial charge in [0.2, 0.25) is 0 Å². The van der Waals surface area contributed by atoms with E-state index in [1.807, 2.05) is 0 Å². The lowest BCUT2D eigenvalue weighted by Gasteiger charge is -2.37. The second-order valence-corrected chi connectivity index (χ2v) is 5.91. The van der Waals surface area contributed by atoms with E-state index >= 15 is 0 Å². The SMILES string of the molecule is CC1(C)CC(C(=O)O)C2(CCOCC2)C1. The van der Waals surface area contributed by atoms with Crippen LogP contribution in [0.15, 0.2) is 0 Å². The van der Waals surface area contributed by atoms with Crippen molar-refractivity contribution >= 4 is 5.97 Å². The summed E-state index contributed by atoms with van der Waals surface area (Å²) in [5, 5.41) is 9.32. The molecule has 3 nitrogen and oxygen atoms in total. The molecule has 0 aromatic heterocycles. The van der Waals surface area contributed by atoms with Gasteiger partial charge in [-0.25, -0.2) is 0 Å². The molecule has 2 aliphatic rings. The van der Waals surface area contributed by atoms with E-state index in [0.29, 0.717) is 0 Å². The molecule has 1 N–H and O–H groups in total. The Morgan fingerprint density at radius 1 is 1.33 bits per heavy atom. The lowest BCUT2D eigenvalue weighted by Crippen LogP contribution is -2.36. The molecular weight excluding hydrogens is 192 g/mol. The Balaban J connectivity index is 2.24. The maximum absolute atomic E-state index is 11.3. The fraction of sp³-hybridized carbons (Fsp3) is 0.917. The summed E-state index contributed by atoms with van der Waals surface area (Å²) in [6, 6.07) is 0.